The summed E-state index contributed by atoms with van der Waals surface area (Å²) >= 11 is 0. The zero-order chi connectivity index (χ0) is 16.5. The zero-order valence-corrected chi connectivity index (χ0v) is 14.4. The smallest absolute Gasteiger partial charge is 0.316 e. The molecule has 132 valence electrons. The van der Waals surface area contributed by atoms with Gasteiger partial charge in [0.05, 0.1) is 10.5 Å². The first-order chi connectivity index (χ1) is 10.1. The van der Waals surface area contributed by atoms with Gasteiger partial charge < -0.3 is 5.32 Å². The molecule has 0 aromatic heterocycles. The molecule has 1 aromatic carbocycles. The van der Waals surface area contributed by atoms with Crippen LogP contribution in [-0.2, 0) is 16.2 Å². The van der Waals surface area contributed by atoms with E-state index in [4.69, 9.17) is 0 Å². The van der Waals surface area contributed by atoms with Crippen LogP contribution in [0.2, 0.25) is 0 Å². The molecule has 0 saturated carbocycles. The summed E-state index contributed by atoms with van der Waals surface area (Å²) in [6, 6.07) is 2.47. The van der Waals surface area contributed by atoms with Crippen molar-refractivity contribution in [3.63, 3.8) is 0 Å². The van der Waals surface area contributed by atoms with Gasteiger partial charge in [-0.15, -0.1) is 12.4 Å². The lowest BCUT2D eigenvalue weighted by molar-refractivity contribution is -0.137. The number of benzene rings is 1. The first-order valence-electron chi connectivity index (χ1n) is 7.02. The zero-order valence-electron chi connectivity index (χ0n) is 12.8. The number of rotatable bonds is 3. The molecule has 0 aliphatic carbocycles. The monoisotopic (exact) mass is 372 g/mol. The van der Waals surface area contributed by atoms with Crippen molar-refractivity contribution in [2.75, 3.05) is 13.1 Å². The van der Waals surface area contributed by atoms with Gasteiger partial charge in [-0.2, -0.15) is 13.2 Å². The maximum absolute atomic E-state index is 12.6. The van der Waals surface area contributed by atoms with Crippen LogP contribution < -0.4 is 10.0 Å². The third kappa shape index (κ3) is 4.82. The van der Waals surface area contributed by atoms with E-state index in [1.165, 1.54) is 6.92 Å². The summed E-state index contributed by atoms with van der Waals surface area (Å²) in [7, 11) is -3.83. The lowest BCUT2D eigenvalue weighted by Gasteiger charge is -2.30. The van der Waals surface area contributed by atoms with Gasteiger partial charge >= 0.3 is 6.18 Å². The van der Waals surface area contributed by atoms with Gasteiger partial charge in [0.25, 0.3) is 0 Å². The Morgan fingerprint density at radius 1 is 1.30 bits per heavy atom. The van der Waals surface area contributed by atoms with Gasteiger partial charge in [-0.25, -0.2) is 13.1 Å². The van der Waals surface area contributed by atoms with Crippen molar-refractivity contribution < 1.29 is 21.6 Å². The predicted molar refractivity (Wildman–Crippen MR) is 84.2 cm³/mol. The van der Waals surface area contributed by atoms with Crippen LogP contribution in [0.1, 0.15) is 24.5 Å². The molecule has 4 nitrogen and oxygen atoms in total. The van der Waals surface area contributed by atoms with Crippen molar-refractivity contribution in [3.05, 3.63) is 29.3 Å². The van der Waals surface area contributed by atoms with Gasteiger partial charge in [0.1, 0.15) is 0 Å². The Morgan fingerprint density at radius 2 is 1.96 bits per heavy atom. The van der Waals surface area contributed by atoms with Gasteiger partial charge in [-0.3, -0.25) is 0 Å². The highest BCUT2D eigenvalue weighted by atomic mass is 35.5. The Bertz CT molecular complexity index is 650. The Morgan fingerprint density at radius 3 is 2.48 bits per heavy atom. The minimum Gasteiger partial charge on any atom is -0.316 e. The number of hydrogen-bond donors (Lipinski definition) is 2. The van der Waals surface area contributed by atoms with Crippen LogP contribution in [0.15, 0.2) is 23.1 Å². The normalized spacial score (nSPS) is 22.5. The van der Waals surface area contributed by atoms with Crippen molar-refractivity contribution in [1.29, 1.82) is 0 Å². The van der Waals surface area contributed by atoms with Crippen LogP contribution in [0.5, 0.6) is 0 Å². The first kappa shape index (κ1) is 20.2. The molecule has 23 heavy (non-hydrogen) atoms. The fourth-order valence-corrected chi connectivity index (χ4v) is 4.18. The van der Waals surface area contributed by atoms with E-state index in [9.17, 15) is 21.6 Å². The summed E-state index contributed by atoms with van der Waals surface area (Å²) in [5.74, 6) is 0.123. The van der Waals surface area contributed by atoms with E-state index >= 15 is 0 Å². The Labute approximate surface area is 140 Å². The van der Waals surface area contributed by atoms with Crippen molar-refractivity contribution in [2.45, 2.75) is 37.4 Å². The summed E-state index contributed by atoms with van der Waals surface area (Å²) in [5.41, 5.74) is -0.761. The summed E-state index contributed by atoms with van der Waals surface area (Å²) in [6.45, 7) is 4.72. The fraction of sp³-hybridized carbons (Fsp3) is 0.571. The molecule has 1 aromatic rings. The van der Waals surface area contributed by atoms with Gasteiger partial charge in [-0.05, 0) is 56.1 Å². The standard InChI is InChI=1S/C14H19F3N2O2S.ClH/c1-9-7-11(14(15,16)17)3-4-13(9)22(20,21)19-12-5-6-18-8-10(12)2;/h3-4,7,10,12,18-19H,5-6,8H2,1-2H3;1H. The number of hydrogen-bond acceptors (Lipinski definition) is 3. The molecule has 0 bridgehead atoms. The van der Waals surface area contributed by atoms with Gasteiger partial charge in [0.15, 0.2) is 0 Å². The number of piperidine rings is 1. The van der Waals surface area contributed by atoms with E-state index in [1.54, 1.807) is 0 Å². The molecule has 1 aliphatic heterocycles. The molecule has 0 amide bonds. The number of sulfonamides is 1. The maximum Gasteiger partial charge on any atom is 0.416 e. The second-order valence-electron chi connectivity index (χ2n) is 5.68. The molecule has 1 heterocycles. The molecule has 1 saturated heterocycles. The van der Waals surface area contributed by atoms with Crippen LogP contribution in [0, 0.1) is 12.8 Å². The highest BCUT2D eigenvalue weighted by Gasteiger charge is 2.32. The van der Waals surface area contributed by atoms with Crippen LogP contribution in [0.4, 0.5) is 13.2 Å². The third-order valence-corrected chi connectivity index (χ3v) is 5.53. The molecule has 0 spiro atoms. The van der Waals surface area contributed by atoms with E-state index in [2.05, 4.69) is 10.0 Å². The average molecular weight is 373 g/mol. The molecule has 9 heteroatoms. The Hall–Kier alpha value is -0.830. The first-order valence-corrected chi connectivity index (χ1v) is 8.50. The predicted octanol–water partition coefficient (Wildman–Crippen LogP) is 2.71. The van der Waals surface area contributed by atoms with Crippen LogP contribution in [0.25, 0.3) is 0 Å². The number of nitrogens with one attached hydrogen (secondary N) is 2. The minimum atomic E-state index is -4.48. The lowest BCUT2D eigenvalue weighted by atomic mass is 9.97. The lowest BCUT2D eigenvalue weighted by Crippen LogP contribution is -2.48. The summed E-state index contributed by atoms with van der Waals surface area (Å²) < 4.78 is 65.4. The summed E-state index contributed by atoms with van der Waals surface area (Å²) in [6.07, 6.45) is -3.83. The van der Waals surface area contributed by atoms with Gasteiger partial charge in [-0.1, -0.05) is 6.92 Å². The van der Waals surface area contributed by atoms with Crippen molar-refractivity contribution in [3.8, 4) is 0 Å². The Balaban J connectivity index is 0.00000264. The highest BCUT2D eigenvalue weighted by Crippen LogP contribution is 2.31. The molecule has 2 rings (SSSR count). The number of aryl methyl sites for hydroxylation is 1. The van der Waals surface area contributed by atoms with Crippen molar-refractivity contribution in [2.24, 2.45) is 5.92 Å². The van der Waals surface area contributed by atoms with Crippen LogP contribution >= 0.6 is 12.4 Å². The number of alkyl halides is 3. The molecular formula is C14H20ClF3N2O2S. The van der Waals surface area contributed by atoms with Gasteiger partial charge in [0.2, 0.25) is 10.0 Å². The average Bonchev–Trinajstić information content (AvgIpc) is 2.40. The largest absolute Gasteiger partial charge is 0.416 e. The summed E-state index contributed by atoms with van der Waals surface area (Å²) in [4.78, 5) is -0.105. The molecular weight excluding hydrogens is 353 g/mol. The fourth-order valence-electron chi connectivity index (χ4n) is 2.58. The van der Waals surface area contributed by atoms with Gasteiger partial charge in [0, 0.05) is 6.04 Å². The topological polar surface area (TPSA) is 58.2 Å². The molecule has 2 N–H and O–H groups in total. The van der Waals surface area contributed by atoms with E-state index in [0.717, 1.165) is 18.2 Å². The van der Waals surface area contributed by atoms with Crippen molar-refractivity contribution in [1.82, 2.24) is 10.0 Å². The van der Waals surface area contributed by atoms with E-state index in [0.29, 0.717) is 19.5 Å². The van der Waals surface area contributed by atoms with Crippen LogP contribution in [0.3, 0.4) is 0 Å². The second-order valence-corrected chi connectivity index (χ2v) is 7.36. The molecule has 1 aliphatic rings. The van der Waals surface area contributed by atoms with E-state index in [-0.39, 0.29) is 34.8 Å². The molecule has 2 atom stereocenters. The third-order valence-electron chi connectivity index (χ3n) is 3.88. The molecule has 0 radical (unpaired) electrons. The highest BCUT2D eigenvalue weighted by molar-refractivity contribution is 7.89. The maximum atomic E-state index is 12.6. The Kier molecular flexibility index (Phi) is 6.48. The molecule has 1 fully saturated rings. The van der Waals surface area contributed by atoms with E-state index in [1.807, 2.05) is 6.92 Å². The molecule has 2 unspecified atom stereocenters. The van der Waals surface area contributed by atoms with Crippen LogP contribution in [-0.4, -0.2) is 27.5 Å². The van der Waals surface area contributed by atoms with Crippen molar-refractivity contribution >= 4 is 22.4 Å². The quantitative estimate of drug-likeness (QED) is 0.857. The summed E-state index contributed by atoms with van der Waals surface area (Å²) in [5, 5.41) is 3.17. The SMILES string of the molecule is Cc1cc(C(F)(F)F)ccc1S(=O)(=O)NC1CCNCC1C.Cl. The second kappa shape index (κ2) is 7.38. The number of halogens is 4. The van der Waals surface area contributed by atoms with E-state index < -0.39 is 21.8 Å². The minimum absolute atomic E-state index is 0.